The molecule has 7 heteroatoms. The largest absolute Gasteiger partial charge is 0.378 e. The molecular weight excluding hydrogens is 394 g/mol. The summed E-state index contributed by atoms with van der Waals surface area (Å²) >= 11 is 0. The third-order valence-corrected chi connectivity index (χ3v) is 5.18. The number of nitrogens with one attached hydrogen (secondary N) is 2. The van der Waals surface area contributed by atoms with E-state index in [2.05, 4.69) is 17.6 Å². The number of primary amides is 1. The number of rotatable bonds is 20. The van der Waals surface area contributed by atoms with E-state index >= 15 is 0 Å². The molecule has 2 atom stereocenters. The van der Waals surface area contributed by atoms with Crippen molar-refractivity contribution in [1.29, 1.82) is 0 Å². The zero-order valence-corrected chi connectivity index (χ0v) is 20.3. The minimum atomic E-state index is -0.833. The van der Waals surface area contributed by atoms with Gasteiger partial charge in [-0.2, -0.15) is 0 Å². The molecule has 0 aliphatic rings. The number of carbonyl (C=O) groups excluding carboxylic acids is 3. The Balaban J connectivity index is 4.12. The maximum atomic E-state index is 12.4. The van der Waals surface area contributed by atoms with Gasteiger partial charge in [-0.3, -0.25) is 14.4 Å². The second-order valence-electron chi connectivity index (χ2n) is 8.97. The number of unbranched alkanes of at least 4 members (excludes halogenated alkanes) is 10. The van der Waals surface area contributed by atoms with Gasteiger partial charge in [0, 0.05) is 13.0 Å². The predicted molar refractivity (Wildman–Crippen MR) is 125 cm³/mol. The van der Waals surface area contributed by atoms with Crippen molar-refractivity contribution in [2.24, 2.45) is 11.7 Å². The number of amides is 3. The molecule has 0 aliphatic heterocycles. The van der Waals surface area contributed by atoms with E-state index in [4.69, 9.17) is 10.5 Å². The van der Waals surface area contributed by atoms with E-state index in [0.717, 1.165) is 19.3 Å². The molecule has 0 bridgehead atoms. The lowest BCUT2D eigenvalue weighted by molar-refractivity contribution is -0.132. The van der Waals surface area contributed by atoms with E-state index < -0.39 is 23.9 Å². The lowest BCUT2D eigenvalue weighted by atomic mass is 10.1. The van der Waals surface area contributed by atoms with Crippen LogP contribution in [0.25, 0.3) is 0 Å². The van der Waals surface area contributed by atoms with Crippen LogP contribution in [-0.2, 0) is 19.1 Å². The summed E-state index contributed by atoms with van der Waals surface area (Å²) in [7, 11) is 0. The van der Waals surface area contributed by atoms with Gasteiger partial charge in [0.1, 0.15) is 12.1 Å². The topological polar surface area (TPSA) is 111 Å². The number of carbonyl (C=O) groups is 3. The minimum Gasteiger partial charge on any atom is -0.378 e. The third kappa shape index (κ3) is 17.7. The lowest BCUT2D eigenvalue weighted by Crippen LogP contribution is -2.53. The van der Waals surface area contributed by atoms with Gasteiger partial charge < -0.3 is 21.1 Å². The Morgan fingerprint density at radius 2 is 1.29 bits per heavy atom. The van der Waals surface area contributed by atoms with Crippen LogP contribution in [0, 0.1) is 5.92 Å². The number of nitrogens with two attached hydrogens (primary N) is 1. The Labute approximate surface area is 189 Å². The smallest absolute Gasteiger partial charge is 0.245 e. The van der Waals surface area contributed by atoms with Crippen molar-refractivity contribution in [3.8, 4) is 0 Å². The minimum absolute atomic E-state index is 0.0689. The van der Waals surface area contributed by atoms with Gasteiger partial charge in [0.2, 0.25) is 17.7 Å². The first-order chi connectivity index (χ1) is 14.8. The summed E-state index contributed by atoms with van der Waals surface area (Å²) in [6.07, 6.45) is 13.8. The summed E-state index contributed by atoms with van der Waals surface area (Å²) in [6, 6.07) is -1.63. The zero-order chi connectivity index (χ0) is 23.5. The molecule has 0 aromatic carbocycles. The first-order valence-corrected chi connectivity index (χ1v) is 12.2. The predicted octanol–water partition coefficient (Wildman–Crippen LogP) is 3.83. The quantitative estimate of drug-likeness (QED) is 0.249. The fraction of sp³-hybridized carbons (Fsp3) is 0.875. The second-order valence-corrected chi connectivity index (χ2v) is 8.97. The van der Waals surface area contributed by atoms with E-state index in [1.54, 1.807) is 0 Å². The van der Waals surface area contributed by atoms with Crippen LogP contribution in [0.3, 0.4) is 0 Å². The van der Waals surface area contributed by atoms with Gasteiger partial charge in [-0.1, -0.05) is 85.0 Å². The second kappa shape index (κ2) is 19.1. The van der Waals surface area contributed by atoms with Crippen molar-refractivity contribution < 1.29 is 19.1 Å². The zero-order valence-electron chi connectivity index (χ0n) is 20.3. The molecule has 31 heavy (non-hydrogen) atoms. The maximum Gasteiger partial charge on any atom is 0.245 e. The van der Waals surface area contributed by atoms with Crippen molar-refractivity contribution in [3.63, 3.8) is 0 Å². The van der Waals surface area contributed by atoms with Gasteiger partial charge in [-0.25, -0.2) is 0 Å². The number of hydrogen-bond acceptors (Lipinski definition) is 4. The van der Waals surface area contributed by atoms with E-state index in [0.29, 0.717) is 18.9 Å². The Morgan fingerprint density at radius 3 is 1.77 bits per heavy atom. The summed E-state index contributed by atoms with van der Waals surface area (Å²) in [4.78, 5) is 35.9. The monoisotopic (exact) mass is 441 g/mol. The maximum absolute atomic E-state index is 12.4. The van der Waals surface area contributed by atoms with Crippen LogP contribution in [0.15, 0.2) is 0 Å². The summed E-state index contributed by atoms with van der Waals surface area (Å²) in [5.74, 6) is -0.930. The summed E-state index contributed by atoms with van der Waals surface area (Å²) in [5, 5.41) is 5.27. The van der Waals surface area contributed by atoms with Crippen molar-refractivity contribution in [1.82, 2.24) is 10.6 Å². The normalized spacial score (nSPS) is 13.1. The Hall–Kier alpha value is -1.63. The van der Waals surface area contributed by atoms with Crippen molar-refractivity contribution in [3.05, 3.63) is 0 Å². The van der Waals surface area contributed by atoms with Gasteiger partial charge in [0.15, 0.2) is 0 Å². The van der Waals surface area contributed by atoms with Crippen molar-refractivity contribution >= 4 is 17.7 Å². The van der Waals surface area contributed by atoms with Gasteiger partial charge >= 0.3 is 0 Å². The van der Waals surface area contributed by atoms with Gasteiger partial charge in [0.05, 0.1) is 6.61 Å². The highest BCUT2D eigenvalue weighted by atomic mass is 16.5. The first-order valence-electron chi connectivity index (χ1n) is 12.2. The summed E-state index contributed by atoms with van der Waals surface area (Å²) < 4.78 is 5.54. The average Bonchev–Trinajstić information content (AvgIpc) is 2.70. The third-order valence-electron chi connectivity index (χ3n) is 5.18. The SMILES string of the molecule is CCCCCCCCCCCCCC(=O)NC(COCC(C)C)C(=O)NC(C)C(N)=O. The molecule has 0 aliphatic carbocycles. The molecule has 0 radical (unpaired) electrons. The number of hydrogen-bond donors (Lipinski definition) is 3. The highest BCUT2D eigenvalue weighted by Gasteiger charge is 2.23. The first kappa shape index (κ1) is 29.4. The van der Waals surface area contributed by atoms with Crippen LogP contribution >= 0.6 is 0 Å². The van der Waals surface area contributed by atoms with Crippen LogP contribution in [-0.4, -0.2) is 43.0 Å². The van der Waals surface area contributed by atoms with Crippen LogP contribution in [0.1, 0.15) is 105 Å². The molecule has 182 valence electrons. The van der Waals surface area contributed by atoms with Gasteiger partial charge in [-0.15, -0.1) is 0 Å². The van der Waals surface area contributed by atoms with Crippen LogP contribution in [0.5, 0.6) is 0 Å². The number of ether oxygens (including phenoxy) is 1. The Morgan fingerprint density at radius 1 is 0.774 bits per heavy atom. The molecule has 0 aromatic heterocycles. The Bertz CT molecular complexity index is 497. The van der Waals surface area contributed by atoms with Crippen molar-refractivity contribution in [2.75, 3.05) is 13.2 Å². The molecule has 0 spiro atoms. The van der Waals surface area contributed by atoms with Crippen LogP contribution in [0.4, 0.5) is 0 Å². The fourth-order valence-corrected chi connectivity index (χ4v) is 3.21. The highest BCUT2D eigenvalue weighted by molar-refractivity contribution is 5.91. The molecule has 0 fully saturated rings. The summed E-state index contributed by atoms with van der Waals surface area (Å²) in [6.45, 7) is 8.33. The van der Waals surface area contributed by atoms with Crippen LogP contribution in [0.2, 0.25) is 0 Å². The lowest BCUT2D eigenvalue weighted by Gasteiger charge is -2.21. The van der Waals surface area contributed by atoms with E-state index in [1.165, 1.54) is 58.3 Å². The summed E-state index contributed by atoms with van der Waals surface area (Å²) in [5.41, 5.74) is 5.20. The van der Waals surface area contributed by atoms with E-state index in [-0.39, 0.29) is 12.5 Å². The van der Waals surface area contributed by atoms with E-state index in [1.807, 2.05) is 13.8 Å². The van der Waals surface area contributed by atoms with Gasteiger partial charge in [-0.05, 0) is 19.3 Å². The molecule has 7 nitrogen and oxygen atoms in total. The molecule has 0 heterocycles. The Kier molecular flexibility index (Phi) is 18.1. The van der Waals surface area contributed by atoms with Crippen LogP contribution < -0.4 is 16.4 Å². The molecule has 0 rings (SSSR count). The standard InChI is InChI=1S/C24H47N3O4/c1-5-6-7-8-9-10-11-12-13-14-15-16-22(28)27-21(18-31-17-19(2)3)24(30)26-20(4)23(25)29/h19-21H,5-18H2,1-4H3,(H2,25,29)(H,26,30)(H,27,28). The molecule has 0 saturated carbocycles. The molecular formula is C24H47N3O4. The molecule has 0 aromatic rings. The van der Waals surface area contributed by atoms with E-state index in [9.17, 15) is 14.4 Å². The molecule has 0 saturated heterocycles. The van der Waals surface area contributed by atoms with Gasteiger partial charge in [0.25, 0.3) is 0 Å². The molecule has 3 amide bonds. The fourth-order valence-electron chi connectivity index (χ4n) is 3.21. The molecule has 4 N–H and O–H groups in total. The molecule has 2 unspecified atom stereocenters. The van der Waals surface area contributed by atoms with Crippen molar-refractivity contribution in [2.45, 2.75) is 117 Å². The average molecular weight is 442 g/mol. The highest BCUT2D eigenvalue weighted by Crippen LogP contribution is 2.12.